The standard InChI is InChI=1S/C30H33FN6O2S/c1-22-18-26(11-14-28(22)31)34-29-15-16-33-30(36-29)35-25-9-12-27(13-10-25)40(38,39)37-17-5-8-24(21-37)20-32-19-23-6-3-2-4-7-23/h2-4,6-7,9-16,18,24,32H,5,8,17,19-21H2,1H3,(H2,33,34,35,36). The molecule has 0 radical (unpaired) electrons. The Hall–Kier alpha value is -3.86. The zero-order chi connectivity index (χ0) is 28.0. The molecular weight excluding hydrogens is 527 g/mol. The van der Waals surface area contributed by atoms with E-state index in [0.717, 1.165) is 25.9 Å². The van der Waals surface area contributed by atoms with Crippen molar-refractivity contribution < 1.29 is 12.8 Å². The van der Waals surface area contributed by atoms with Gasteiger partial charge in [0.1, 0.15) is 11.6 Å². The molecule has 1 fully saturated rings. The molecule has 8 nitrogen and oxygen atoms in total. The van der Waals surface area contributed by atoms with Gasteiger partial charge in [-0.3, -0.25) is 0 Å². The molecule has 1 atom stereocenters. The van der Waals surface area contributed by atoms with Crippen molar-refractivity contribution in [1.82, 2.24) is 19.6 Å². The Bertz CT molecular complexity index is 1530. The third kappa shape index (κ3) is 7.01. The highest BCUT2D eigenvalue weighted by molar-refractivity contribution is 7.89. The predicted octanol–water partition coefficient (Wildman–Crippen LogP) is 5.60. The van der Waals surface area contributed by atoms with E-state index in [-0.39, 0.29) is 16.6 Å². The minimum absolute atomic E-state index is 0.263. The van der Waals surface area contributed by atoms with Crippen molar-refractivity contribution in [2.45, 2.75) is 31.2 Å². The fraction of sp³-hybridized carbons (Fsp3) is 0.267. The zero-order valence-corrected chi connectivity index (χ0v) is 23.2. The Morgan fingerprint density at radius 2 is 1.75 bits per heavy atom. The lowest BCUT2D eigenvalue weighted by atomic mass is 9.99. The topological polar surface area (TPSA) is 99.2 Å². The Morgan fingerprint density at radius 3 is 2.52 bits per heavy atom. The van der Waals surface area contributed by atoms with Crippen molar-refractivity contribution in [2.75, 3.05) is 30.3 Å². The molecular formula is C30H33FN6O2S. The summed E-state index contributed by atoms with van der Waals surface area (Å²) >= 11 is 0. The molecule has 2 heterocycles. The van der Waals surface area contributed by atoms with Gasteiger partial charge in [-0.25, -0.2) is 17.8 Å². The molecule has 10 heteroatoms. The SMILES string of the molecule is Cc1cc(Nc2ccnc(Nc3ccc(S(=O)(=O)N4CCCC(CNCc5ccccc5)C4)cc3)n2)ccc1F. The fourth-order valence-electron chi connectivity index (χ4n) is 4.78. The van der Waals surface area contributed by atoms with Gasteiger partial charge in [0.15, 0.2) is 0 Å². The van der Waals surface area contributed by atoms with Crippen molar-refractivity contribution in [3.05, 3.63) is 102 Å². The molecule has 208 valence electrons. The number of hydrogen-bond acceptors (Lipinski definition) is 7. The first-order valence-electron chi connectivity index (χ1n) is 13.3. The molecule has 1 aliphatic rings. The zero-order valence-electron chi connectivity index (χ0n) is 22.3. The van der Waals surface area contributed by atoms with Gasteiger partial charge in [0.05, 0.1) is 4.90 Å². The lowest BCUT2D eigenvalue weighted by Gasteiger charge is -2.32. The molecule has 0 amide bonds. The summed E-state index contributed by atoms with van der Waals surface area (Å²) in [5.74, 6) is 0.893. The number of nitrogens with one attached hydrogen (secondary N) is 3. The van der Waals surface area contributed by atoms with E-state index >= 15 is 0 Å². The van der Waals surface area contributed by atoms with Crippen LogP contribution in [-0.2, 0) is 16.6 Å². The van der Waals surface area contributed by atoms with E-state index in [1.54, 1.807) is 59.9 Å². The molecule has 0 saturated carbocycles. The third-order valence-electron chi connectivity index (χ3n) is 6.92. The number of benzene rings is 3. The van der Waals surface area contributed by atoms with Gasteiger partial charge in [-0.15, -0.1) is 0 Å². The maximum atomic E-state index is 13.6. The maximum Gasteiger partial charge on any atom is 0.243 e. The lowest BCUT2D eigenvalue weighted by Crippen LogP contribution is -2.42. The number of piperidine rings is 1. The quantitative estimate of drug-likeness (QED) is 0.232. The monoisotopic (exact) mass is 560 g/mol. The minimum Gasteiger partial charge on any atom is -0.340 e. The van der Waals surface area contributed by atoms with Crippen LogP contribution in [0.4, 0.5) is 27.5 Å². The second kappa shape index (κ2) is 12.5. The Labute approximate surface area is 234 Å². The van der Waals surface area contributed by atoms with Crippen LogP contribution in [0, 0.1) is 18.7 Å². The molecule has 40 heavy (non-hydrogen) atoms. The van der Waals surface area contributed by atoms with E-state index in [0.29, 0.717) is 41.8 Å². The van der Waals surface area contributed by atoms with Crippen LogP contribution in [0.25, 0.3) is 0 Å². The van der Waals surface area contributed by atoms with Gasteiger partial charge < -0.3 is 16.0 Å². The summed E-state index contributed by atoms with van der Waals surface area (Å²) in [4.78, 5) is 8.97. The number of halogens is 1. The summed E-state index contributed by atoms with van der Waals surface area (Å²) < 4.78 is 41.9. The van der Waals surface area contributed by atoms with Gasteiger partial charge in [-0.2, -0.15) is 9.29 Å². The predicted molar refractivity (Wildman–Crippen MR) is 156 cm³/mol. The van der Waals surface area contributed by atoms with Gasteiger partial charge >= 0.3 is 0 Å². The van der Waals surface area contributed by atoms with Gasteiger partial charge in [-0.05, 0) is 91.9 Å². The van der Waals surface area contributed by atoms with E-state index in [1.165, 1.54) is 11.6 Å². The molecule has 5 rings (SSSR count). The number of anilines is 4. The molecule has 0 aliphatic carbocycles. The summed E-state index contributed by atoms with van der Waals surface area (Å²) in [6.45, 7) is 4.28. The number of hydrogen-bond donors (Lipinski definition) is 3. The highest BCUT2D eigenvalue weighted by Crippen LogP contribution is 2.26. The van der Waals surface area contributed by atoms with Crippen molar-refractivity contribution >= 4 is 33.2 Å². The van der Waals surface area contributed by atoms with E-state index in [2.05, 4.69) is 38.1 Å². The van der Waals surface area contributed by atoms with Crippen LogP contribution in [0.3, 0.4) is 0 Å². The van der Waals surface area contributed by atoms with Crippen molar-refractivity contribution in [2.24, 2.45) is 5.92 Å². The van der Waals surface area contributed by atoms with E-state index in [4.69, 9.17) is 0 Å². The highest BCUT2D eigenvalue weighted by Gasteiger charge is 2.30. The molecule has 4 aromatic rings. The average molecular weight is 561 g/mol. The van der Waals surface area contributed by atoms with Gasteiger partial charge in [0.2, 0.25) is 16.0 Å². The van der Waals surface area contributed by atoms with Crippen LogP contribution in [0.15, 0.2) is 90.0 Å². The molecule has 3 aromatic carbocycles. The first-order valence-corrected chi connectivity index (χ1v) is 14.8. The van der Waals surface area contributed by atoms with Crippen molar-refractivity contribution in [1.29, 1.82) is 0 Å². The number of sulfonamides is 1. The number of aromatic nitrogens is 2. The molecule has 1 unspecified atom stereocenters. The molecule has 1 aliphatic heterocycles. The third-order valence-corrected chi connectivity index (χ3v) is 8.80. The average Bonchev–Trinajstić information content (AvgIpc) is 2.96. The first-order chi connectivity index (χ1) is 19.4. The summed E-state index contributed by atoms with van der Waals surface area (Å²) in [6, 6.07) is 23.3. The molecule has 1 saturated heterocycles. The summed E-state index contributed by atoms with van der Waals surface area (Å²) in [7, 11) is -3.60. The van der Waals surface area contributed by atoms with Crippen LogP contribution in [0.5, 0.6) is 0 Å². The second-order valence-electron chi connectivity index (χ2n) is 9.99. The summed E-state index contributed by atoms with van der Waals surface area (Å²) in [5.41, 5.74) is 3.13. The second-order valence-corrected chi connectivity index (χ2v) is 11.9. The van der Waals surface area contributed by atoms with Crippen LogP contribution in [0.1, 0.15) is 24.0 Å². The van der Waals surface area contributed by atoms with Crippen LogP contribution < -0.4 is 16.0 Å². The minimum atomic E-state index is -3.60. The Balaban J connectivity index is 1.18. The van der Waals surface area contributed by atoms with Crippen LogP contribution in [0.2, 0.25) is 0 Å². The molecule has 0 bridgehead atoms. The smallest absolute Gasteiger partial charge is 0.243 e. The summed E-state index contributed by atoms with van der Waals surface area (Å²) in [6.07, 6.45) is 3.45. The number of aryl methyl sites for hydroxylation is 1. The number of rotatable bonds is 10. The van der Waals surface area contributed by atoms with Gasteiger partial charge in [-0.1, -0.05) is 30.3 Å². The van der Waals surface area contributed by atoms with Crippen molar-refractivity contribution in [3.63, 3.8) is 0 Å². The van der Waals surface area contributed by atoms with E-state index in [1.807, 2.05) is 18.2 Å². The normalized spacial score (nSPS) is 16.0. The number of nitrogens with zero attached hydrogens (tertiary/aromatic N) is 3. The molecule has 0 spiro atoms. The van der Waals surface area contributed by atoms with Gasteiger partial charge in [0, 0.05) is 37.2 Å². The molecule has 3 N–H and O–H groups in total. The van der Waals surface area contributed by atoms with E-state index < -0.39 is 10.0 Å². The Kier molecular flexibility index (Phi) is 8.69. The first kappa shape index (κ1) is 27.7. The van der Waals surface area contributed by atoms with Crippen molar-refractivity contribution in [3.8, 4) is 0 Å². The lowest BCUT2D eigenvalue weighted by molar-refractivity contribution is 0.260. The molecule has 1 aromatic heterocycles. The van der Waals surface area contributed by atoms with Crippen LogP contribution in [-0.4, -0.2) is 42.3 Å². The maximum absolute atomic E-state index is 13.6. The highest BCUT2D eigenvalue weighted by atomic mass is 32.2. The van der Waals surface area contributed by atoms with E-state index in [9.17, 15) is 12.8 Å². The van der Waals surface area contributed by atoms with Gasteiger partial charge in [0.25, 0.3) is 0 Å². The Morgan fingerprint density at radius 1 is 0.975 bits per heavy atom. The summed E-state index contributed by atoms with van der Waals surface area (Å²) in [5, 5.41) is 9.73. The fourth-order valence-corrected chi connectivity index (χ4v) is 6.33. The largest absolute Gasteiger partial charge is 0.340 e. The van der Waals surface area contributed by atoms with Crippen LogP contribution >= 0.6 is 0 Å².